The smallest absolute Gasteiger partial charge is 0.0522 e. The van der Waals surface area contributed by atoms with Crippen molar-refractivity contribution in [3.8, 4) is 0 Å². The first-order valence-corrected chi connectivity index (χ1v) is 9.01. The van der Waals surface area contributed by atoms with E-state index in [9.17, 15) is 0 Å². The van der Waals surface area contributed by atoms with Crippen LogP contribution in [0.1, 0.15) is 31.4 Å². The molecule has 3 aromatic carbocycles. The molecule has 0 radical (unpaired) electrons. The molecule has 0 bridgehead atoms. The Morgan fingerprint density at radius 1 is 0.640 bits per heavy atom. The number of benzene rings is 3. The van der Waals surface area contributed by atoms with Gasteiger partial charge in [-0.15, -0.1) is 0 Å². The van der Waals surface area contributed by atoms with Crippen LogP contribution in [0.4, 0.5) is 5.69 Å². The molecule has 0 saturated carbocycles. The van der Waals surface area contributed by atoms with Gasteiger partial charge in [-0.05, 0) is 42.2 Å². The third kappa shape index (κ3) is 3.83. The summed E-state index contributed by atoms with van der Waals surface area (Å²) in [6.07, 6.45) is 0.984. The number of nitrogens with zero attached hydrogens (tertiary/aromatic N) is 1. The van der Waals surface area contributed by atoms with Crippen molar-refractivity contribution in [1.29, 1.82) is 0 Å². The molecule has 25 heavy (non-hydrogen) atoms. The third-order valence-corrected chi connectivity index (χ3v) is 4.46. The Bertz CT molecular complexity index is 804. The lowest BCUT2D eigenvalue weighted by Gasteiger charge is -2.29. The number of hydrogen-bond donors (Lipinski definition) is 0. The molecular formula is C24H25N. The van der Waals surface area contributed by atoms with Crippen molar-refractivity contribution < 1.29 is 0 Å². The summed E-state index contributed by atoms with van der Waals surface area (Å²) in [6, 6.07) is 32.1. The molecule has 0 amide bonds. The number of hydrogen-bond acceptors (Lipinski definition) is 1. The lowest BCUT2D eigenvalue weighted by atomic mass is 9.96. The summed E-state index contributed by atoms with van der Waals surface area (Å²) in [7, 11) is 0. The van der Waals surface area contributed by atoms with Gasteiger partial charge in [-0.2, -0.15) is 0 Å². The highest BCUT2D eigenvalue weighted by molar-refractivity contribution is 5.97. The van der Waals surface area contributed by atoms with E-state index in [-0.39, 0.29) is 0 Å². The van der Waals surface area contributed by atoms with Gasteiger partial charge in [-0.1, -0.05) is 85.8 Å². The third-order valence-electron chi connectivity index (χ3n) is 4.46. The summed E-state index contributed by atoms with van der Waals surface area (Å²) < 4.78 is 0. The lowest BCUT2D eigenvalue weighted by molar-refractivity contribution is 1.03. The molecule has 0 fully saturated rings. The highest BCUT2D eigenvalue weighted by atomic mass is 15.1. The second kappa shape index (κ2) is 8.34. The Labute approximate surface area is 151 Å². The summed E-state index contributed by atoms with van der Waals surface area (Å²) in [6.45, 7) is 5.38. The monoisotopic (exact) mass is 327 g/mol. The van der Waals surface area contributed by atoms with E-state index in [4.69, 9.17) is 0 Å². The van der Waals surface area contributed by atoms with Gasteiger partial charge in [0.1, 0.15) is 0 Å². The van der Waals surface area contributed by atoms with E-state index < -0.39 is 0 Å². The van der Waals surface area contributed by atoms with E-state index in [1.165, 1.54) is 28.1 Å². The lowest BCUT2D eigenvalue weighted by Crippen LogP contribution is -2.22. The van der Waals surface area contributed by atoms with Crippen LogP contribution >= 0.6 is 0 Å². The number of rotatable bonds is 6. The molecule has 0 aliphatic rings. The normalized spacial score (nSPS) is 11.8. The summed E-state index contributed by atoms with van der Waals surface area (Å²) in [4.78, 5) is 2.42. The molecule has 0 spiro atoms. The van der Waals surface area contributed by atoms with Gasteiger partial charge in [0.2, 0.25) is 0 Å². The van der Waals surface area contributed by atoms with Crippen molar-refractivity contribution in [2.45, 2.75) is 20.3 Å². The Morgan fingerprint density at radius 3 is 1.60 bits per heavy atom. The van der Waals surface area contributed by atoms with E-state index in [0.717, 1.165) is 13.0 Å². The molecule has 3 aromatic rings. The van der Waals surface area contributed by atoms with Gasteiger partial charge in [0.25, 0.3) is 0 Å². The van der Waals surface area contributed by atoms with Crippen LogP contribution in [0.15, 0.2) is 91.0 Å². The molecule has 0 aromatic heterocycles. The van der Waals surface area contributed by atoms with E-state index in [1.54, 1.807) is 0 Å². The van der Waals surface area contributed by atoms with Crippen LogP contribution in [0.5, 0.6) is 0 Å². The maximum Gasteiger partial charge on any atom is 0.0522 e. The van der Waals surface area contributed by atoms with Crippen LogP contribution in [0.2, 0.25) is 0 Å². The number of allylic oxidation sites excluding steroid dienone is 1. The van der Waals surface area contributed by atoms with Gasteiger partial charge in [-0.25, -0.2) is 0 Å². The first kappa shape index (κ1) is 17.0. The van der Waals surface area contributed by atoms with Crippen molar-refractivity contribution in [2.75, 3.05) is 11.4 Å². The van der Waals surface area contributed by atoms with Crippen LogP contribution in [0.3, 0.4) is 0 Å². The molecule has 1 heteroatoms. The topological polar surface area (TPSA) is 3.24 Å². The summed E-state index contributed by atoms with van der Waals surface area (Å²) in [5, 5.41) is 0. The fraction of sp³-hybridized carbons (Fsp3) is 0.167. The van der Waals surface area contributed by atoms with Crippen LogP contribution in [-0.2, 0) is 0 Å². The maximum absolute atomic E-state index is 2.42. The largest absolute Gasteiger partial charge is 0.341 e. The van der Waals surface area contributed by atoms with Crippen LogP contribution in [-0.4, -0.2) is 6.54 Å². The second-order valence-electron chi connectivity index (χ2n) is 5.99. The SMILES string of the molecule is CC/C(=C(/c1ccccc1)N(CC)c1ccccc1)c1ccccc1. The minimum atomic E-state index is 0.921. The molecule has 0 aliphatic carbocycles. The number of anilines is 1. The van der Waals surface area contributed by atoms with Gasteiger partial charge in [0, 0.05) is 12.2 Å². The Balaban J connectivity index is 2.24. The van der Waals surface area contributed by atoms with E-state index in [1.807, 2.05) is 0 Å². The summed E-state index contributed by atoms with van der Waals surface area (Å²) in [5.41, 5.74) is 6.44. The summed E-state index contributed by atoms with van der Waals surface area (Å²) in [5.74, 6) is 0. The highest BCUT2D eigenvalue weighted by Crippen LogP contribution is 2.34. The zero-order chi connectivity index (χ0) is 17.5. The van der Waals surface area contributed by atoms with Gasteiger partial charge < -0.3 is 4.90 Å². The molecule has 0 heterocycles. The van der Waals surface area contributed by atoms with Gasteiger partial charge in [0.05, 0.1) is 5.70 Å². The zero-order valence-electron chi connectivity index (χ0n) is 15.0. The van der Waals surface area contributed by atoms with Gasteiger partial charge in [0.15, 0.2) is 0 Å². The van der Waals surface area contributed by atoms with Crippen LogP contribution < -0.4 is 4.90 Å². The molecule has 3 rings (SSSR count). The van der Waals surface area contributed by atoms with Gasteiger partial charge in [-0.3, -0.25) is 0 Å². The predicted octanol–water partition coefficient (Wildman–Crippen LogP) is 6.49. The van der Waals surface area contributed by atoms with Crippen molar-refractivity contribution >= 4 is 17.0 Å². The van der Waals surface area contributed by atoms with E-state index in [2.05, 4.69) is 110 Å². The average molecular weight is 327 g/mol. The maximum atomic E-state index is 2.42. The summed E-state index contributed by atoms with van der Waals surface area (Å²) >= 11 is 0. The van der Waals surface area contributed by atoms with Crippen molar-refractivity contribution in [3.63, 3.8) is 0 Å². The highest BCUT2D eigenvalue weighted by Gasteiger charge is 2.17. The minimum Gasteiger partial charge on any atom is -0.341 e. The van der Waals surface area contributed by atoms with Crippen LogP contribution in [0, 0.1) is 0 Å². The average Bonchev–Trinajstić information content (AvgIpc) is 2.70. The van der Waals surface area contributed by atoms with Crippen molar-refractivity contribution in [1.82, 2.24) is 0 Å². The molecule has 0 aliphatic heterocycles. The standard InChI is InChI=1S/C24H25N/c1-3-23(20-14-8-5-9-15-20)24(21-16-10-6-11-17-21)25(4-2)22-18-12-7-13-19-22/h5-19H,3-4H2,1-2H3/b24-23+. The quantitative estimate of drug-likeness (QED) is 0.468. The molecule has 0 saturated heterocycles. The molecular weight excluding hydrogens is 302 g/mol. The fourth-order valence-corrected chi connectivity index (χ4v) is 3.31. The zero-order valence-corrected chi connectivity index (χ0v) is 15.0. The first-order chi connectivity index (χ1) is 12.3. The second-order valence-corrected chi connectivity index (χ2v) is 5.99. The van der Waals surface area contributed by atoms with E-state index >= 15 is 0 Å². The van der Waals surface area contributed by atoms with Crippen molar-refractivity contribution in [3.05, 3.63) is 102 Å². The molecule has 0 N–H and O–H groups in total. The molecule has 0 unspecified atom stereocenters. The Kier molecular flexibility index (Phi) is 5.69. The van der Waals surface area contributed by atoms with Gasteiger partial charge >= 0.3 is 0 Å². The Morgan fingerprint density at radius 2 is 1.12 bits per heavy atom. The van der Waals surface area contributed by atoms with Crippen LogP contribution in [0.25, 0.3) is 11.3 Å². The first-order valence-electron chi connectivity index (χ1n) is 9.01. The molecule has 0 atom stereocenters. The molecule has 1 nitrogen and oxygen atoms in total. The Hall–Kier alpha value is -2.80. The minimum absolute atomic E-state index is 0.921. The fourth-order valence-electron chi connectivity index (χ4n) is 3.31. The predicted molar refractivity (Wildman–Crippen MR) is 109 cm³/mol. The molecule has 126 valence electrons. The van der Waals surface area contributed by atoms with E-state index in [0.29, 0.717) is 0 Å². The van der Waals surface area contributed by atoms with Crippen molar-refractivity contribution in [2.24, 2.45) is 0 Å². The number of para-hydroxylation sites is 1.